The maximum Gasteiger partial charge on any atom is 0.308 e. The van der Waals surface area contributed by atoms with Crippen LogP contribution in [-0.4, -0.2) is 59.9 Å². The summed E-state index contributed by atoms with van der Waals surface area (Å²) in [5.74, 6) is 0.180. The largest absolute Gasteiger partial charge is 0.481 e. The first-order valence-electron chi connectivity index (χ1n) is 16.6. The average Bonchev–Trinajstić information content (AvgIpc) is 2.99. The highest BCUT2D eigenvalue weighted by atomic mass is 16.8. The summed E-state index contributed by atoms with van der Waals surface area (Å²) in [6, 6.07) is 0.0963. The van der Waals surface area contributed by atoms with Gasteiger partial charge in [0.15, 0.2) is 12.6 Å². The summed E-state index contributed by atoms with van der Waals surface area (Å²) in [5.41, 5.74) is 3.00. The van der Waals surface area contributed by atoms with E-state index in [4.69, 9.17) is 19.1 Å². The van der Waals surface area contributed by atoms with E-state index < -0.39 is 11.9 Å². The molecular formula is C32H60N2O7. The van der Waals surface area contributed by atoms with Crippen LogP contribution in [0.1, 0.15) is 131 Å². The Morgan fingerprint density at radius 1 is 0.976 bits per heavy atom. The zero-order valence-corrected chi connectivity index (χ0v) is 26.8. The number of carbonyl (C=O) groups is 2. The van der Waals surface area contributed by atoms with Gasteiger partial charge in [0.05, 0.1) is 17.9 Å². The minimum atomic E-state index is -0.741. The molecule has 9 nitrogen and oxygen atoms in total. The van der Waals surface area contributed by atoms with E-state index in [0.717, 1.165) is 96.7 Å². The minimum Gasteiger partial charge on any atom is -0.481 e. The molecule has 0 spiro atoms. The molecule has 0 radical (unpaired) electrons. The standard InChI is InChI=1S/C16H31NO4.C16H29NO3/c1-4-8-14(13(16(18)19)11-12(3)5-2)17-21-15-9-6-7-10-20-15;1-4-8-14-13(11-12(3)5-2)16(18)17(14)20-15-9-6-7-10-19-15/h12-15,17H,4-11H2,1-3H3,(H,18,19);12-15H,4-11H2,1-3H3/t2*12?,13-,14+,15?/m11/s1. The van der Waals surface area contributed by atoms with Gasteiger partial charge in [-0.25, -0.2) is 9.90 Å². The van der Waals surface area contributed by atoms with Crippen LogP contribution in [0.2, 0.25) is 0 Å². The predicted octanol–water partition coefficient (Wildman–Crippen LogP) is 6.85. The molecule has 3 aliphatic heterocycles. The molecule has 1 amide bonds. The lowest BCUT2D eigenvalue weighted by atomic mass is 9.80. The zero-order valence-electron chi connectivity index (χ0n) is 26.8. The third-order valence-corrected chi connectivity index (χ3v) is 8.85. The van der Waals surface area contributed by atoms with E-state index in [0.29, 0.717) is 18.3 Å². The fourth-order valence-corrected chi connectivity index (χ4v) is 5.75. The van der Waals surface area contributed by atoms with Gasteiger partial charge in [0.25, 0.3) is 5.91 Å². The smallest absolute Gasteiger partial charge is 0.308 e. The van der Waals surface area contributed by atoms with Crippen molar-refractivity contribution in [2.75, 3.05) is 13.2 Å². The Labute approximate surface area is 249 Å². The summed E-state index contributed by atoms with van der Waals surface area (Å²) in [6.07, 6.45) is 13.3. The average molecular weight is 585 g/mol. The fraction of sp³-hybridized carbons (Fsp3) is 0.938. The third kappa shape index (κ3) is 12.1. The van der Waals surface area contributed by atoms with Crippen molar-refractivity contribution >= 4 is 11.9 Å². The number of hydroxylamine groups is 3. The predicted molar refractivity (Wildman–Crippen MR) is 159 cm³/mol. The van der Waals surface area contributed by atoms with Crippen LogP contribution in [0.4, 0.5) is 0 Å². The Balaban J connectivity index is 0.000000287. The lowest BCUT2D eigenvalue weighted by molar-refractivity contribution is -0.320. The van der Waals surface area contributed by atoms with Gasteiger partial charge in [-0.1, -0.05) is 67.2 Å². The highest BCUT2D eigenvalue weighted by Gasteiger charge is 2.49. The van der Waals surface area contributed by atoms with Crippen LogP contribution < -0.4 is 5.48 Å². The molecule has 0 aliphatic carbocycles. The van der Waals surface area contributed by atoms with E-state index in [-0.39, 0.29) is 36.5 Å². The Morgan fingerprint density at radius 3 is 2.12 bits per heavy atom. The molecule has 3 rings (SSSR count). The first kappa shape index (κ1) is 35.9. The first-order valence-corrected chi connectivity index (χ1v) is 16.6. The van der Waals surface area contributed by atoms with Crippen LogP contribution in [0, 0.1) is 23.7 Å². The number of rotatable bonds is 17. The third-order valence-electron chi connectivity index (χ3n) is 8.85. The van der Waals surface area contributed by atoms with Crippen LogP contribution >= 0.6 is 0 Å². The summed E-state index contributed by atoms with van der Waals surface area (Å²) in [5, 5.41) is 11.1. The highest BCUT2D eigenvalue weighted by Crippen LogP contribution is 2.37. The Hall–Kier alpha value is -1.26. The van der Waals surface area contributed by atoms with Crippen LogP contribution in [-0.2, 0) is 28.7 Å². The number of aliphatic carboxylic acids is 1. The molecular weight excluding hydrogens is 524 g/mol. The van der Waals surface area contributed by atoms with Crippen molar-refractivity contribution in [3.05, 3.63) is 0 Å². The summed E-state index contributed by atoms with van der Waals surface area (Å²) in [6.45, 7) is 14.3. The van der Waals surface area contributed by atoms with E-state index in [1.54, 1.807) is 5.06 Å². The van der Waals surface area contributed by atoms with Gasteiger partial charge in [-0.2, -0.15) is 5.48 Å². The second-order valence-electron chi connectivity index (χ2n) is 12.4. The van der Waals surface area contributed by atoms with E-state index in [1.165, 1.54) is 0 Å². The first-order chi connectivity index (χ1) is 19.7. The van der Waals surface area contributed by atoms with E-state index in [1.807, 2.05) is 0 Å². The van der Waals surface area contributed by atoms with Crippen LogP contribution in [0.5, 0.6) is 0 Å². The zero-order chi connectivity index (χ0) is 30.2. The van der Waals surface area contributed by atoms with Gasteiger partial charge in [-0.05, 0) is 63.2 Å². The molecule has 0 aromatic rings. The second kappa shape index (κ2) is 19.8. The summed E-state index contributed by atoms with van der Waals surface area (Å²) >= 11 is 0. The van der Waals surface area contributed by atoms with Crippen LogP contribution in [0.3, 0.4) is 0 Å². The number of carbonyl (C=O) groups excluding carboxylic acids is 1. The molecule has 3 fully saturated rings. The molecule has 3 saturated heterocycles. The van der Waals surface area contributed by atoms with Gasteiger partial charge in [0.1, 0.15) is 0 Å². The maximum absolute atomic E-state index is 12.3. The van der Waals surface area contributed by atoms with Crippen molar-refractivity contribution in [3.63, 3.8) is 0 Å². The Kier molecular flexibility index (Phi) is 17.4. The van der Waals surface area contributed by atoms with Gasteiger partial charge in [0, 0.05) is 32.1 Å². The monoisotopic (exact) mass is 584 g/mol. The molecule has 240 valence electrons. The van der Waals surface area contributed by atoms with Gasteiger partial charge in [-0.15, -0.1) is 0 Å². The van der Waals surface area contributed by atoms with Gasteiger partial charge < -0.3 is 14.6 Å². The normalized spacial score (nSPS) is 27.7. The summed E-state index contributed by atoms with van der Waals surface area (Å²) in [4.78, 5) is 35.3. The number of ether oxygens (including phenoxy) is 2. The molecule has 3 heterocycles. The number of hydrogen-bond acceptors (Lipinski definition) is 7. The fourth-order valence-electron chi connectivity index (χ4n) is 5.75. The lowest BCUT2D eigenvalue weighted by Crippen LogP contribution is -2.62. The number of carboxylic acids is 1. The molecule has 2 N–H and O–H groups in total. The van der Waals surface area contributed by atoms with Crippen LogP contribution in [0.15, 0.2) is 0 Å². The molecule has 0 aromatic heterocycles. The number of β-lactam (4-membered cyclic amide) rings is 1. The Morgan fingerprint density at radius 2 is 1.61 bits per heavy atom. The lowest BCUT2D eigenvalue weighted by Gasteiger charge is -2.48. The van der Waals surface area contributed by atoms with Crippen molar-refractivity contribution in [1.29, 1.82) is 0 Å². The van der Waals surface area contributed by atoms with E-state index in [2.05, 4.69) is 47.0 Å². The highest BCUT2D eigenvalue weighted by molar-refractivity contribution is 5.84. The van der Waals surface area contributed by atoms with Crippen molar-refractivity contribution in [1.82, 2.24) is 10.5 Å². The molecule has 8 atom stereocenters. The van der Waals surface area contributed by atoms with Crippen molar-refractivity contribution in [2.45, 2.75) is 156 Å². The molecule has 0 saturated carbocycles. The molecule has 4 unspecified atom stereocenters. The number of hydrogen-bond donors (Lipinski definition) is 2. The summed E-state index contributed by atoms with van der Waals surface area (Å²) in [7, 11) is 0. The van der Waals surface area contributed by atoms with Crippen LogP contribution in [0.25, 0.3) is 0 Å². The van der Waals surface area contributed by atoms with Crippen molar-refractivity contribution in [2.24, 2.45) is 23.7 Å². The van der Waals surface area contributed by atoms with Crippen molar-refractivity contribution in [3.8, 4) is 0 Å². The summed E-state index contributed by atoms with van der Waals surface area (Å²) < 4.78 is 11.1. The maximum atomic E-state index is 12.3. The molecule has 0 aromatic carbocycles. The van der Waals surface area contributed by atoms with Gasteiger partial charge in [-0.3, -0.25) is 14.4 Å². The number of nitrogens with one attached hydrogen (secondary N) is 1. The number of nitrogens with zero attached hydrogens (tertiary/aromatic N) is 1. The van der Waals surface area contributed by atoms with E-state index >= 15 is 0 Å². The molecule has 9 heteroatoms. The van der Waals surface area contributed by atoms with E-state index in [9.17, 15) is 14.7 Å². The molecule has 0 bridgehead atoms. The molecule has 41 heavy (non-hydrogen) atoms. The Bertz CT molecular complexity index is 727. The quantitative estimate of drug-likeness (QED) is 0.141. The minimum absolute atomic E-state index is 0.160. The van der Waals surface area contributed by atoms with Gasteiger partial charge in [0.2, 0.25) is 0 Å². The topological polar surface area (TPSA) is 107 Å². The van der Waals surface area contributed by atoms with Crippen molar-refractivity contribution < 1.29 is 33.8 Å². The van der Waals surface area contributed by atoms with Gasteiger partial charge >= 0.3 is 5.97 Å². The molecule has 3 aliphatic rings. The SMILES string of the molecule is CCC[C@H](NOC1CCCCO1)[C@@H](CC(C)CC)C(=O)O.CCC[C@H]1[C@@H](CC(C)CC)C(=O)N1OC1CCCCO1. The second-order valence-corrected chi connectivity index (χ2v) is 12.4. The number of amides is 1. The number of carboxylic acid groups (broad SMARTS) is 1.